The Morgan fingerprint density at radius 2 is 1.84 bits per heavy atom. The number of alkyl halides is 3. The van der Waals surface area contributed by atoms with Crippen LogP contribution in [-0.2, 0) is 25.6 Å². The summed E-state index contributed by atoms with van der Waals surface area (Å²) < 4.78 is 39.1. The van der Waals surface area contributed by atoms with Gasteiger partial charge in [-0.3, -0.25) is 24.8 Å². The number of fused-ring (bicyclic) bond motifs is 1. The number of ketones is 1. The highest BCUT2D eigenvalue weighted by Gasteiger charge is 2.32. The minimum Gasteiger partial charge on any atom is -0.299 e. The van der Waals surface area contributed by atoms with Crippen molar-refractivity contribution in [3.8, 4) is 11.1 Å². The minimum atomic E-state index is -4.49. The normalized spacial score (nSPS) is 14.5. The summed E-state index contributed by atoms with van der Waals surface area (Å²) in [4.78, 5) is 23.5. The van der Waals surface area contributed by atoms with Crippen LogP contribution in [0.25, 0.3) is 22.0 Å². The predicted molar refractivity (Wildman–Crippen MR) is 135 cm³/mol. The van der Waals surface area contributed by atoms with Gasteiger partial charge in [0.25, 0.3) is 0 Å². The number of nitrogens with one attached hydrogen (secondary N) is 1. The number of halogens is 3. The van der Waals surface area contributed by atoms with Gasteiger partial charge >= 0.3 is 6.18 Å². The zero-order chi connectivity index (χ0) is 26.0. The number of benzene rings is 1. The quantitative estimate of drug-likeness (QED) is 0.296. The van der Waals surface area contributed by atoms with E-state index in [-0.39, 0.29) is 12.2 Å². The maximum atomic E-state index is 13.1. The Morgan fingerprint density at radius 3 is 2.59 bits per heavy atom. The van der Waals surface area contributed by atoms with Crippen molar-refractivity contribution in [2.45, 2.75) is 51.7 Å². The maximum Gasteiger partial charge on any atom is 0.433 e. The third kappa shape index (κ3) is 5.56. The van der Waals surface area contributed by atoms with Crippen molar-refractivity contribution in [3.63, 3.8) is 0 Å². The van der Waals surface area contributed by atoms with Crippen molar-refractivity contribution in [1.82, 2.24) is 25.1 Å². The molecule has 1 aromatic carbocycles. The van der Waals surface area contributed by atoms with Crippen LogP contribution in [0.5, 0.6) is 0 Å². The number of aromatic amines is 1. The summed E-state index contributed by atoms with van der Waals surface area (Å²) in [6.45, 7) is 4.88. The highest BCUT2D eigenvalue weighted by Crippen LogP contribution is 2.30. The number of Topliss-reactive ketones (excluding diaryl/α,β-unsaturated/α-hetero) is 1. The van der Waals surface area contributed by atoms with Crippen LogP contribution in [0.3, 0.4) is 0 Å². The van der Waals surface area contributed by atoms with Crippen LogP contribution in [0.1, 0.15) is 59.1 Å². The summed E-state index contributed by atoms with van der Waals surface area (Å²) in [6.07, 6.45) is 3.76. The molecule has 1 N–H and O–H groups in total. The van der Waals surface area contributed by atoms with Gasteiger partial charge in [0, 0.05) is 42.5 Å². The fourth-order valence-electron chi connectivity index (χ4n) is 4.94. The Hall–Kier alpha value is -3.59. The Kier molecular flexibility index (Phi) is 7.06. The van der Waals surface area contributed by atoms with E-state index in [2.05, 4.69) is 31.1 Å². The highest BCUT2D eigenvalue weighted by atomic mass is 19.4. The molecule has 0 atom stereocenters. The molecule has 1 saturated heterocycles. The van der Waals surface area contributed by atoms with Gasteiger partial charge in [-0.05, 0) is 85.3 Å². The number of H-pyrrole nitrogens is 1. The lowest BCUT2D eigenvalue weighted by Gasteiger charge is -2.14. The molecule has 0 amide bonds. The number of carbonyl (C=O) groups excluding carboxylic acids is 1. The van der Waals surface area contributed by atoms with Gasteiger partial charge in [-0.2, -0.15) is 18.3 Å². The number of aryl methyl sites for hydroxylation is 2. The molecule has 4 aromatic rings. The zero-order valence-electron chi connectivity index (χ0n) is 20.6. The lowest BCUT2D eigenvalue weighted by Crippen LogP contribution is -2.18. The van der Waals surface area contributed by atoms with Crippen molar-refractivity contribution >= 4 is 16.7 Å². The number of aromatic nitrogens is 4. The van der Waals surface area contributed by atoms with E-state index in [1.54, 1.807) is 6.92 Å². The van der Waals surface area contributed by atoms with Crippen molar-refractivity contribution in [2.24, 2.45) is 0 Å². The SMILES string of the molecule is CCc1cc(C(F)(F)F)ncc1CCC(=O)c1n[nH]c2ccc(-c3cncc(CN4CCCC4)c3)cc12. The molecule has 0 radical (unpaired) electrons. The van der Waals surface area contributed by atoms with E-state index in [1.807, 2.05) is 30.6 Å². The summed E-state index contributed by atoms with van der Waals surface area (Å²) in [7, 11) is 0. The second-order valence-electron chi connectivity index (χ2n) is 9.51. The molecular formula is C28H28F3N5O. The molecular weight excluding hydrogens is 479 g/mol. The Bertz CT molecular complexity index is 1420. The van der Waals surface area contributed by atoms with Crippen LogP contribution in [0.15, 0.2) is 48.9 Å². The molecule has 37 heavy (non-hydrogen) atoms. The fourth-order valence-corrected chi connectivity index (χ4v) is 4.94. The van der Waals surface area contributed by atoms with Gasteiger partial charge in [0.05, 0.1) is 5.52 Å². The van der Waals surface area contributed by atoms with Gasteiger partial charge in [0.15, 0.2) is 5.78 Å². The molecule has 4 heterocycles. The molecule has 1 aliphatic rings. The van der Waals surface area contributed by atoms with E-state index < -0.39 is 11.9 Å². The van der Waals surface area contributed by atoms with E-state index in [9.17, 15) is 18.0 Å². The van der Waals surface area contributed by atoms with Crippen molar-refractivity contribution in [2.75, 3.05) is 13.1 Å². The molecule has 5 rings (SSSR count). The average molecular weight is 508 g/mol. The van der Waals surface area contributed by atoms with Crippen molar-refractivity contribution in [1.29, 1.82) is 0 Å². The number of hydrogen-bond donors (Lipinski definition) is 1. The Morgan fingerprint density at radius 1 is 1.03 bits per heavy atom. The molecule has 0 aliphatic carbocycles. The van der Waals surface area contributed by atoms with Crippen molar-refractivity contribution in [3.05, 3.63) is 77.0 Å². The first-order chi connectivity index (χ1) is 17.8. The number of nitrogens with zero attached hydrogens (tertiary/aromatic N) is 4. The highest BCUT2D eigenvalue weighted by molar-refractivity contribution is 6.06. The van der Waals surface area contributed by atoms with Gasteiger partial charge < -0.3 is 0 Å². The van der Waals surface area contributed by atoms with E-state index in [4.69, 9.17) is 0 Å². The molecule has 0 saturated carbocycles. The van der Waals surface area contributed by atoms with Crippen LogP contribution >= 0.6 is 0 Å². The van der Waals surface area contributed by atoms with Gasteiger partial charge in [-0.1, -0.05) is 13.0 Å². The predicted octanol–water partition coefficient (Wildman–Crippen LogP) is 6.01. The molecule has 1 fully saturated rings. The topological polar surface area (TPSA) is 74.8 Å². The fraction of sp³-hybridized carbons (Fsp3) is 0.357. The Labute approximate surface area is 212 Å². The van der Waals surface area contributed by atoms with Crippen LogP contribution in [0.4, 0.5) is 13.2 Å². The summed E-state index contributed by atoms with van der Waals surface area (Å²) in [5, 5.41) is 7.89. The van der Waals surface area contributed by atoms with Gasteiger partial charge in [-0.25, -0.2) is 0 Å². The standard InChI is InChI=1S/C28H28F3N5O/c1-2-19-13-26(28(29,30)31)33-16-21(19)6-8-25(37)27-23-12-20(5-7-24(23)34-35-27)22-11-18(14-32-15-22)17-36-9-3-4-10-36/h5,7,11-16H,2-4,6,8-10,17H2,1H3,(H,34,35). The summed E-state index contributed by atoms with van der Waals surface area (Å²) in [5.74, 6) is -0.175. The van der Waals surface area contributed by atoms with Crippen LogP contribution < -0.4 is 0 Å². The smallest absolute Gasteiger partial charge is 0.299 e. The first-order valence-corrected chi connectivity index (χ1v) is 12.5. The van der Waals surface area contributed by atoms with E-state index in [0.29, 0.717) is 35.0 Å². The number of pyridine rings is 2. The van der Waals surface area contributed by atoms with Gasteiger partial charge in [-0.15, -0.1) is 0 Å². The molecule has 0 unspecified atom stereocenters. The van der Waals surface area contributed by atoms with Crippen LogP contribution in [0, 0.1) is 0 Å². The van der Waals surface area contributed by atoms with Crippen molar-refractivity contribution < 1.29 is 18.0 Å². The molecule has 6 nitrogen and oxygen atoms in total. The molecule has 9 heteroatoms. The minimum absolute atomic E-state index is 0.122. The van der Waals surface area contributed by atoms with E-state index >= 15 is 0 Å². The van der Waals surface area contributed by atoms with Crippen LogP contribution in [-0.4, -0.2) is 43.9 Å². The average Bonchev–Trinajstić information content (AvgIpc) is 3.56. The summed E-state index contributed by atoms with van der Waals surface area (Å²) in [6, 6.07) is 9.03. The molecule has 0 spiro atoms. The van der Waals surface area contributed by atoms with Gasteiger partial charge in [0.1, 0.15) is 11.4 Å². The molecule has 3 aromatic heterocycles. The largest absolute Gasteiger partial charge is 0.433 e. The zero-order valence-corrected chi connectivity index (χ0v) is 20.6. The van der Waals surface area contributed by atoms with E-state index in [1.165, 1.54) is 19.0 Å². The lowest BCUT2D eigenvalue weighted by atomic mass is 9.98. The summed E-state index contributed by atoms with van der Waals surface area (Å²) >= 11 is 0. The third-order valence-electron chi connectivity index (χ3n) is 6.94. The molecule has 192 valence electrons. The third-order valence-corrected chi connectivity index (χ3v) is 6.94. The summed E-state index contributed by atoms with van der Waals surface area (Å²) in [5.41, 5.74) is 4.43. The second-order valence-corrected chi connectivity index (χ2v) is 9.51. The number of rotatable bonds is 8. The van der Waals surface area contributed by atoms with Crippen LogP contribution in [0.2, 0.25) is 0 Å². The number of likely N-dealkylation sites (tertiary alicyclic amines) is 1. The van der Waals surface area contributed by atoms with E-state index in [0.717, 1.165) is 47.9 Å². The number of carbonyl (C=O) groups is 1. The first-order valence-electron chi connectivity index (χ1n) is 12.5. The first kappa shape index (κ1) is 25.1. The second kappa shape index (κ2) is 10.4. The Balaban J connectivity index is 1.35. The number of hydrogen-bond acceptors (Lipinski definition) is 5. The monoisotopic (exact) mass is 507 g/mol. The molecule has 1 aliphatic heterocycles. The molecule has 0 bridgehead atoms. The lowest BCUT2D eigenvalue weighted by molar-refractivity contribution is -0.141. The van der Waals surface area contributed by atoms with Gasteiger partial charge in [0.2, 0.25) is 0 Å². The maximum absolute atomic E-state index is 13.1.